The maximum absolute atomic E-state index is 14.2. The summed E-state index contributed by atoms with van der Waals surface area (Å²) in [5.41, 5.74) is 0.568. The van der Waals surface area contributed by atoms with Gasteiger partial charge in [0.25, 0.3) is 5.91 Å². The van der Waals surface area contributed by atoms with Gasteiger partial charge in [-0.1, -0.05) is 6.07 Å². The zero-order valence-electron chi connectivity index (χ0n) is 18.3. The molecule has 0 radical (unpaired) electrons. The highest BCUT2D eigenvalue weighted by Crippen LogP contribution is 2.21. The molecule has 0 spiro atoms. The van der Waals surface area contributed by atoms with E-state index >= 15 is 0 Å². The second kappa shape index (κ2) is 11.9. The molecule has 0 atom stereocenters. The first-order chi connectivity index (χ1) is 15.9. The van der Waals surface area contributed by atoms with Crippen molar-refractivity contribution in [1.29, 1.82) is 0 Å². The highest BCUT2D eigenvalue weighted by molar-refractivity contribution is 6.05. The maximum Gasteiger partial charge on any atom is 0.343 e. The molecule has 2 amide bonds. The molecule has 1 saturated heterocycles. The normalized spacial score (nSPS) is 13.8. The standard InChI is InChI=1S/C23H26FN3O6/c1-31-22(29)15-33-18-4-2-3-16(13-18)23(30)25-17-5-6-19(24)20(14-17)26-21(28)7-8-27-9-11-32-12-10-27/h2-6,13-14H,7-12,15H2,1H3,(H,25,30)(H,26,28). The van der Waals surface area contributed by atoms with Gasteiger partial charge >= 0.3 is 5.97 Å². The molecule has 1 aliphatic heterocycles. The first-order valence-electron chi connectivity index (χ1n) is 10.4. The van der Waals surface area contributed by atoms with Gasteiger partial charge in [0.05, 0.1) is 26.0 Å². The number of esters is 1. The molecular weight excluding hydrogens is 433 g/mol. The molecule has 0 saturated carbocycles. The minimum Gasteiger partial charge on any atom is -0.482 e. The van der Waals surface area contributed by atoms with Crippen LogP contribution in [0.1, 0.15) is 16.8 Å². The summed E-state index contributed by atoms with van der Waals surface area (Å²) < 4.78 is 29.3. The minimum atomic E-state index is -0.606. The lowest BCUT2D eigenvalue weighted by atomic mass is 10.2. The van der Waals surface area contributed by atoms with Crippen LogP contribution in [0.15, 0.2) is 42.5 Å². The number of halogens is 1. The summed E-state index contributed by atoms with van der Waals surface area (Å²) in [6.45, 7) is 3.07. The highest BCUT2D eigenvalue weighted by Gasteiger charge is 2.14. The number of carbonyl (C=O) groups is 3. The van der Waals surface area contributed by atoms with E-state index in [9.17, 15) is 18.8 Å². The summed E-state index contributed by atoms with van der Waals surface area (Å²) in [5, 5.41) is 5.22. The van der Waals surface area contributed by atoms with Gasteiger partial charge in [-0.15, -0.1) is 0 Å². The van der Waals surface area contributed by atoms with Crippen molar-refractivity contribution in [2.24, 2.45) is 0 Å². The minimum absolute atomic E-state index is 0.0186. The van der Waals surface area contributed by atoms with Crippen LogP contribution in [0.2, 0.25) is 0 Å². The van der Waals surface area contributed by atoms with Crippen LogP contribution >= 0.6 is 0 Å². The van der Waals surface area contributed by atoms with Crippen LogP contribution in [0.25, 0.3) is 0 Å². The Labute approximate surface area is 190 Å². The van der Waals surface area contributed by atoms with Crippen LogP contribution in [0.3, 0.4) is 0 Å². The molecule has 10 heteroatoms. The lowest BCUT2D eigenvalue weighted by Gasteiger charge is -2.26. The summed E-state index contributed by atoms with van der Waals surface area (Å²) in [6, 6.07) is 10.2. The molecule has 1 aliphatic rings. The van der Waals surface area contributed by atoms with E-state index in [1.807, 2.05) is 0 Å². The smallest absolute Gasteiger partial charge is 0.343 e. The number of benzene rings is 2. The van der Waals surface area contributed by atoms with Crippen molar-refractivity contribution in [1.82, 2.24) is 4.90 Å². The Morgan fingerprint density at radius 2 is 1.88 bits per heavy atom. The fraction of sp³-hybridized carbons (Fsp3) is 0.348. The molecule has 0 unspecified atom stereocenters. The molecule has 2 aromatic rings. The van der Waals surface area contributed by atoms with Crippen molar-refractivity contribution in [2.75, 3.05) is 57.2 Å². The van der Waals surface area contributed by atoms with E-state index in [-0.39, 0.29) is 30.2 Å². The number of carbonyl (C=O) groups excluding carboxylic acids is 3. The Morgan fingerprint density at radius 3 is 2.64 bits per heavy atom. The number of amides is 2. The fourth-order valence-corrected chi connectivity index (χ4v) is 3.13. The molecule has 9 nitrogen and oxygen atoms in total. The Bertz CT molecular complexity index is 994. The van der Waals surface area contributed by atoms with Gasteiger partial charge in [0.1, 0.15) is 11.6 Å². The largest absolute Gasteiger partial charge is 0.482 e. The number of ether oxygens (including phenoxy) is 3. The zero-order valence-corrected chi connectivity index (χ0v) is 18.3. The fourth-order valence-electron chi connectivity index (χ4n) is 3.13. The Kier molecular flexibility index (Phi) is 8.73. The van der Waals surface area contributed by atoms with Crippen molar-refractivity contribution in [3.8, 4) is 5.75 Å². The predicted molar refractivity (Wildman–Crippen MR) is 119 cm³/mol. The molecule has 2 N–H and O–H groups in total. The topological polar surface area (TPSA) is 106 Å². The molecule has 2 aromatic carbocycles. The highest BCUT2D eigenvalue weighted by atomic mass is 19.1. The van der Waals surface area contributed by atoms with Gasteiger partial charge in [0.15, 0.2) is 6.61 Å². The summed E-state index contributed by atoms with van der Waals surface area (Å²) >= 11 is 0. The molecule has 1 fully saturated rings. The lowest BCUT2D eigenvalue weighted by Crippen LogP contribution is -2.38. The molecule has 0 aromatic heterocycles. The van der Waals surface area contributed by atoms with Crippen molar-refractivity contribution < 1.29 is 33.0 Å². The second-order valence-corrected chi connectivity index (χ2v) is 7.29. The molecule has 176 valence electrons. The third kappa shape index (κ3) is 7.55. The summed E-state index contributed by atoms with van der Waals surface area (Å²) in [7, 11) is 1.25. The number of morpholine rings is 1. The van der Waals surface area contributed by atoms with Crippen LogP contribution < -0.4 is 15.4 Å². The van der Waals surface area contributed by atoms with Gasteiger partial charge in [-0.25, -0.2) is 9.18 Å². The van der Waals surface area contributed by atoms with Crippen molar-refractivity contribution in [3.63, 3.8) is 0 Å². The second-order valence-electron chi connectivity index (χ2n) is 7.29. The summed E-state index contributed by atoms with van der Waals surface area (Å²) in [4.78, 5) is 38.2. The summed E-state index contributed by atoms with van der Waals surface area (Å²) in [5.74, 6) is -1.61. The van der Waals surface area contributed by atoms with Crippen molar-refractivity contribution >= 4 is 29.2 Å². The quantitative estimate of drug-likeness (QED) is 0.554. The Morgan fingerprint density at radius 1 is 1.09 bits per heavy atom. The number of methoxy groups -OCH3 is 1. The van der Waals surface area contributed by atoms with Crippen LogP contribution in [-0.4, -0.2) is 69.2 Å². The molecule has 0 aliphatic carbocycles. The third-order valence-corrected chi connectivity index (χ3v) is 4.94. The van der Waals surface area contributed by atoms with Gasteiger partial charge in [-0.05, 0) is 36.4 Å². The molecule has 0 bridgehead atoms. The van der Waals surface area contributed by atoms with E-state index in [1.165, 1.54) is 31.4 Å². The number of nitrogens with one attached hydrogen (secondary N) is 2. The van der Waals surface area contributed by atoms with Gasteiger partial charge in [-0.3, -0.25) is 14.5 Å². The van der Waals surface area contributed by atoms with Crippen LogP contribution in [0.5, 0.6) is 5.75 Å². The molecule has 1 heterocycles. The van der Waals surface area contributed by atoms with E-state index in [1.54, 1.807) is 18.2 Å². The van der Waals surface area contributed by atoms with Crippen LogP contribution in [0.4, 0.5) is 15.8 Å². The first kappa shape index (κ1) is 24.1. The van der Waals surface area contributed by atoms with Crippen LogP contribution in [-0.2, 0) is 19.1 Å². The SMILES string of the molecule is COC(=O)COc1cccc(C(=O)Nc2ccc(F)c(NC(=O)CCN3CCOCC3)c2)c1. The average molecular weight is 459 g/mol. The van der Waals surface area contributed by atoms with Gasteiger partial charge in [0.2, 0.25) is 5.91 Å². The van der Waals surface area contributed by atoms with Gasteiger partial charge in [0, 0.05) is 37.3 Å². The molecule has 33 heavy (non-hydrogen) atoms. The van der Waals surface area contributed by atoms with E-state index < -0.39 is 17.7 Å². The number of hydrogen-bond donors (Lipinski definition) is 2. The van der Waals surface area contributed by atoms with Crippen molar-refractivity contribution in [2.45, 2.75) is 6.42 Å². The monoisotopic (exact) mass is 459 g/mol. The van der Waals surface area contributed by atoms with Gasteiger partial charge < -0.3 is 24.8 Å². The average Bonchev–Trinajstić information content (AvgIpc) is 2.84. The van der Waals surface area contributed by atoms with E-state index in [0.29, 0.717) is 31.2 Å². The number of hydrogen-bond acceptors (Lipinski definition) is 7. The number of nitrogens with zero attached hydrogens (tertiary/aromatic N) is 1. The lowest BCUT2D eigenvalue weighted by molar-refractivity contribution is -0.142. The van der Waals surface area contributed by atoms with E-state index in [0.717, 1.165) is 13.1 Å². The first-order valence-corrected chi connectivity index (χ1v) is 10.4. The molecule has 3 rings (SSSR count). The van der Waals surface area contributed by atoms with Gasteiger partial charge in [-0.2, -0.15) is 0 Å². The zero-order chi connectivity index (χ0) is 23.6. The Hall–Kier alpha value is -3.50. The third-order valence-electron chi connectivity index (χ3n) is 4.94. The maximum atomic E-state index is 14.2. The van der Waals surface area contributed by atoms with Crippen molar-refractivity contribution in [3.05, 3.63) is 53.8 Å². The van der Waals surface area contributed by atoms with Crippen LogP contribution in [0, 0.1) is 5.82 Å². The Balaban J connectivity index is 1.58. The molecular formula is C23H26FN3O6. The summed E-state index contributed by atoms with van der Waals surface area (Å²) in [6.07, 6.45) is 0.217. The van der Waals surface area contributed by atoms with E-state index in [4.69, 9.17) is 9.47 Å². The predicted octanol–water partition coefficient (Wildman–Crippen LogP) is 2.29. The van der Waals surface area contributed by atoms with E-state index in [2.05, 4.69) is 20.3 Å². The number of rotatable bonds is 9. The number of anilines is 2.